The third-order valence-corrected chi connectivity index (χ3v) is 5.19. The third-order valence-electron chi connectivity index (χ3n) is 5.19. The lowest BCUT2D eigenvalue weighted by molar-refractivity contribution is -0.117. The molecule has 0 spiro atoms. The zero-order valence-electron chi connectivity index (χ0n) is 15.9. The van der Waals surface area contributed by atoms with Gasteiger partial charge in [-0.1, -0.05) is 31.2 Å². The molecule has 6 nitrogen and oxygen atoms in total. The maximum absolute atomic E-state index is 12.2. The largest absolute Gasteiger partial charge is 0.394 e. The summed E-state index contributed by atoms with van der Waals surface area (Å²) in [6, 6.07) is 14.6. The lowest BCUT2D eigenvalue weighted by atomic mass is 9.96. The molecule has 1 aliphatic heterocycles. The van der Waals surface area contributed by atoms with Gasteiger partial charge in [0.05, 0.1) is 12.7 Å². The van der Waals surface area contributed by atoms with Gasteiger partial charge in [-0.05, 0) is 42.0 Å². The van der Waals surface area contributed by atoms with Crippen LogP contribution < -0.4 is 10.2 Å². The van der Waals surface area contributed by atoms with Gasteiger partial charge in [-0.15, -0.1) is 0 Å². The molecule has 1 aliphatic rings. The Hall–Kier alpha value is -2.88. The number of aliphatic hydroxyl groups is 2. The summed E-state index contributed by atoms with van der Waals surface area (Å²) in [6.07, 6.45) is 2.80. The quantitative estimate of drug-likeness (QED) is 0.506. The van der Waals surface area contributed by atoms with Gasteiger partial charge in [0, 0.05) is 30.2 Å². The number of nitrogens with one attached hydrogen (secondary N) is 1. The maximum atomic E-state index is 12.2. The van der Waals surface area contributed by atoms with Gasteiger partial charge in [0.1, 0.15) is 11.6 Å². The van der Waals surface area contributed by atoms with E-state index in [-0.39, 0.29) is 12.1 Å². The van der Waals surface area contributed by atoms with E-state index in [4.69, 9.17) is 5.11 Å². The predicted octanol–water partition coefficient (Wildman–Crippen LogP) is 2.20. The minimum absolute atomic E-state index is 0.0441. The van der Waals surface area contributed by atoms with E-state index in [0.29, 0.717) is 6.04 Å². The Morgan fingerprint density at radius 3 is 2.89 bits per heavy atom. The van der Waals surface area contributed by atoms with Crippen molar-refractivity contribution in [3.63, 3.8) is 0 Å². The number of fused-ring (bicyclic) bond motifs is 1. The van der Waals surface area contributed by atoms with E-state index in [0.717, 1.165) is 29.3 Å². The molecule has 2 unspecified atom stereocenters. The monoisotopic (exact) mass is 379 g/mol. The van der Waals surface area contributed by atoms with E-state index in [1.807, 2.05) is 24.3 Å². The molecular weight excluding hydrogens is 354 g/mol. The number of hydrogen-bond donors (Lipinski definition) is 3. The highest BCUT2D eigenvalue weighted by molar-refractivity contribution is 6.03. The summed E-state index contributed by atoms with van der Waals surface area (Å²) in [5, 5.41) is 32.2. The van der Waals surface area contributed by atoms with Crippen LogP contribution in [-0.4, -0.2) is 48.0 Å². The second kappa shape index (κ2) is 8.87. The zero-order chi connectivity index (χ0) is 20.1. The number of anilines is 1. The molecule has 2 aromatic rings. The molecule has 3 rings (SSSR count). The van der Waals surface area contributed by atoms with Gasteiger partial charge in [0.25, 0.3) is 5.91 Å². The predicted molar refractivity (Wildman–Crippen MR) is 110 cm³/mol. The first-order valence-electron chi connectivity index (χ1n) is 9.55. The number of carbonyl (C=O) groups excluding carboxylic acids is 1. The smallest absolute Gasteiger partial charge is 0.262 e. The average molecular weight is 379 g/mol. The fraction of sp³-hybridized carbons (Fsp3) is 0.364. The molecule has 3 N–H and O–H groups in total. The van der Waals surface area contributed by atoms with Crippen molar-refractivity contribution < 1.29 is 15.0 Å². The summed E-state index contributed by atoms with van der Waals surface area (Å²) in [5.74, 6) is -0.572. The van der Waals surface area contributed by atoms with Crippen molar-refractivity contribution in [1.82, 2.24) is 5.32 Å². The molecule has 6 heteroatoms. The number of amides is 1. The Morgan fingerprint density at radius 1 is 1.43 bits per heavy atom. The topological polar surface area (TPSA) is 96.6 Å². The average Bonchev–Trinajstić information content (AvgIpc) is 2.69. The van der Waals surface area contributed by atoms with E-state index >= 15 is 0 Å². The van der Waals surface area contributed by atoms with Crippen molar-refractivity contribution in [1.29, 1.82) is 5.26 Å². The van der Waals surface area contributed by atoms with Crippen LogP contribution in [0.3, 0.4) is 0 Å². The molecule has 1 fully saturated rings. The molecule has 0 bridgehead atoms. The highest BCUT2D eigenvalue weighted by atomic mass is 16.3. The van der Waals surface area contributed by atoms with Crippen molar-refractivity contribution in [2.45, 2.75) is 31.9 Å². The van der Waals surface area contributed by atoms with Gasteiger partial charge < -0.3 is 20.4 Å². The van der Waals surface area contributed by atoms with Crippen molar-refractivity contribution in [3.05, 3.63) is 47.5 Å². The number of rotatable bonds is 7. The minimum Gasteiger partial charge on any atom is -0.394 e. The molecule has 1 amide bonds. The van der Waals surface area contributed by atoms with E-state index < -0.39 is 18.6 Å². The molecule has 2 atom stereocenters. The van der Waals surface area contributed by atoms with Gasteiger partial charge >= 0.3 is 0 Å². The first-order chi connectivity index (χ1) is 13.6. The number of carbonyl (C=O) groups is 1. The van der Waals surface area contributed by atoms with Crippen LogP contribution in [0.25, 0.3) is 16.8 Å². The van der Waals surface area contributed by atoms with E-state index in [1.165, 1.54) is 12.1 Å². The lowest BCUT2D eigenvalue weighted by Gasteiger charge is -2.43. The summed E-state index contributed by atoms with van der Waals surface area (Å²) < 4.78 is 0. The van der Waals surface area contributed by atoms with Crippen LogP contribution in [0, 0.1) is 11.3 Å². The van der Waals surface area contributed by atoms with Gasteiger partial charge in [0.2, 0.25) is 0 Å². The van der Waals surface area contributed by atoms with Crippen LogP contribution in [0.15, 0.2) is 42.0 Å². The second-order valence-corrected chi connectivity index (χ2v) is 7.02. The van der Waals surface area contributed by atoms with Crippen LogP contribution >= 0.6 is 0 Å². The van der Waals surface area contributed by atoms with Gasteiger partial charge in [0.15, 0.2) is 0 Å². The Morgan fingerprint density at radius 2 is 2.25 bits per heavy atom. The van der Waals surface area contributed by atoms with Crippen molar-refractivity contribution in [2.75, 3.05) is 24.6 Å². The van der Waals surface area contributed by atoms with E-state index in [2.05, 4.69) is 35.3 Å². The lowest BCUT2D eigenvalue weighted by Crippen LogP contribution is -2.47. The molecule has 0 aromatic heterocycles. The Bertz CT molecular complexity index is 930. The number of nitrogens with zero attached hydrogens (tertiary/aromatic N) is 2. The van der Waals surface area contributed by atoms with Crippen LogP contribution in [-0.2, 0) is 4.79 Å². The summed E-state index contributed by atoms with van der Waals surface area (Å²) in [5.41, 5.74) is 1.90. The molecule has 146 valence electrons. The molecular formula is C22H25N3O3. The fourth-order valence-corrected chi connectivity index (χ4v) is 3.48. The van der Waals surface area contributed by atoms with Crippen molar-refractivity contribution in [3.8, 4) is 6.07 Å². The number of benzene rings is 2. The van der Waals surface area contributed by atoms with Crippen LogP contribution in [0.4, 0.5) is 5.69 Å². The normalized spacial score (nSPS) is 17.7. The number of aliphatic hydroxyl groups excluding tert-OH is 2. The van der Waals surface area contributed by atoms with Gasteiger partial charge in [-0.2, -0.15) is 5.26 Å². The molecule has 1 saturated heterocycles. The third kappa shape index (κ3) is 4.16. The van der Waals surface area contributed by atoms with Gasteiger partial charge in [-0.25, -0.2) is 0 Å². The molecule has 0 radical (unpaired) electrons. The van der Waals surface area contributed by atoms with Crippen LogP contribution in [0.2, 0.25) is 0 Å². The fourth-order valence-electron chi connectivity index (χ4n) is 3.48. The molecule has 28 heavy (non-hydrogen) atoms. The summed E-state index contributed by atoms with van der Waals surface area (Å²) in [6.45, 7) is 2.68. The van der Waals surface area contributed by atoms with Crippen LogP contribution in [0.5, 0.6) is 0 Å². The van der Waals surface area contributed by atoms with E-state index in [1.54, 1.807) is 6.08 Å². The van der Waals surface area contributed by atoms with Crippen molar-refractivity contribution in [2.24, 2.45) is 0 Å². The first-order valence-corrected chi connectivity index (χ1v) is 9.55. The van der Waals surface area contributed by atoms with Crippen molar-refractivity contribution >= 4 is 28.4 Å². The Balaban J connectivity index is 1.89. The standard InChI is InChI=1S/C22H25N3O3/c1-2-18-8-9-25(18)21-5-3-4-16-7-6-15(11-20(16)21)10-17(12-23)22(28)24-13-19(27)14-26/h3-7,10-11,18-19,26-27H,2,8-9,13-14H2,1H3,(H,24,28)/b17-10+. The summed E-state index contributed by atoms with van der Waals surface area (Å²) in [4.78, 5) is 14.6. The zero-order valence-corrected chi connectivity index (χ0v) is 15.9. The summed E-state index contributed by atoms with van der Waals surface area (Å²) in [7, 11) is 0. The maximum Gasteiger partial charge on any atom is 0.262 e. The highest BCUT2D eigenvalue weighted by Gasteiger charge is 2.27. The minimum atomic E-state index is -1.05. The molecule has 0 saturated carbocycles. The number of nitriles is 1. The molecule has 0 aliphatic carbocycles. The first kappa shape index (κ1) is 19.9. The Kier molecular flexibility index (Phi) is 6.30. The van der Waals surface area contributed by atoms with E-state index in [9.17, 15) is 15.2 Å². The number of hydrogen-bond acceptors (Lipinski definition) is 5. The van der Waals surface area contributed by atoms with Crippen LogP contribution in [0.1, 0.15) is 25.3 Å². The Labute approximate surface area is 164 Å². The highest BCUT2D eigenvalue weighted by Crippen LogP contribution is 2.34. The molecule has 1 heterocycles. The van der Waals surface area contributed by atoms with Gasteiger partial charge in [-0.3, -0.25) is 4.79 Å². The second-order valence-electron chi connectivity index (χ2n) is 7.02. The summed E-state index contributed by atoms with van der Waals surface area (Å²) >= 11 is 0. The SMILES string of the molecule is CCC1CCN1c1cccc2ccc(/C=C(\C#N)C(=O)NCC(O)CO)cc12. The molecule has 2 aromatic carbocycles.